The van der Waals surface area contributed by atoms with Gasteiger partial charge in [0.2, 0.25) is 0 Å². The minimum absolute atomic E-state index is 0.299. The van der Waals surface area contributed by atoms with E-state index < -0.39 is 5.82 Å². The van der Waals surface area contributed by atoms with Crippen LogP contribution in [0.3, 0.4) is 0 Å². The molecule has 2 rings (SSSR count). The zero-order valence-electron chi connectivity index (χ0n) is 9.77. The summed E-state index contributed by atoms with van der Waals surface area (Å²) >= 11 is 0. The van der Waals surface area contributed by atoms with Gasteiger partial charge in [-0.2, -0.15) is 0 Å². The maximum absolute atomic E-state index is 12.7. The molecule has 0 radical (unpaired) electrons. The van der Waals surface area contributed by atoms with Gasteiger partial charge in [0.1, 0.15) is 11.6 Å². The third-order valence-electron chi connectivity index (χ3n) is 2.46. The fraction of sp³-hybridized carbons (Fsp3) is 0.0769. The van der Waals surface area contributed by atoms with Gasteiger partial charge in [-0.15, -0.1) is 0 Å². The molecule has 0 atom stereocenters. The SMILES string of the molecule is Cc1cc(N)ccc1C(=O)Nc1ccc(F)cn1. The summed E-state index contributed by atoms with van der Waals surface area (Å²) in [5.74, 6) is -0.444. The van der Waals surface area contributed by atoms with Crippen LogP contribution < -0.4 is 11.1 Å². The number of carbonyl (C=O) groups excluding carboxylic acids is 1. The molecule has 0 saturated carbocycles. The van der Waals surface area contributed by atoms with E-state index in [1.165, 1.54) is 12.1 Å². The Bertz CT molecular complexity index is 581. The van der Waals surface area contributed by atoms with Crippen molar-refractivity contribution in [2.45, 2.75) is 6.92 Å². The van der Waals surface area contributed by atoms with Crippen molar-refractivity contribution in [1.82, 2.24) is 4.98 Å². The number of nitrogen functional groups attached to an aromatic ring is 1. The van der Waals surface area contributed by atoms with Crippen molar-refractivity contribution in [3.05, 3.63) is 53.5 Å². The lowest BCUT2D eigenvalue weighted by Gasteiger charge is -2.07. The lowest BCUT2D eigenvalue weighted by molar-refractivity contribution is 0.102. The first-order chi connectivity index (χ1) is 8.56. The largest absolute Gasteiger partial charge is 0.399 e. The van der Waals surface area contributed by atoms with Crippen molar-refractivity contribution in [2.24, 2.45) is 0 Å². The number of hydrogen-bond donors (Lipinski definition) is 2. The van der Waals surface area contributed by atoms with Gasteiger partial charge >= 0.3 is 0 Å². The van der Waals surface area contributed by atoms with Crippen LogP contribution in [0.1, 0.15) is 15.9 Å². The van der Waals surface area contributed by atoms with Crippen molar-refractivity contribution in [3.8, 4) is 0 Å². The normalized spacial score (nSPS) is 10.1. The van der Waals surface area contributed by atoms with E-state index in [0.29, 0.717) is 17.1 Å². The number of anilines is 2. The van der Waals surface area contributed by atoms with Crippen LogP contribution in [0.5, 0.6) is 0 Å². The molecule has 0 fully saturated rings. The average molecular weight is 245 g/mol. The molecule has 18 heavy (non-hydrogen) atoms. The lowest BCUT2D eigenvalue weighted by atomic mass is 10.1. The lowest BCUT2D eigenvalue weighted by Crippen LogP contribution is -2.14. The van der Waals surface area contributed by atoms with Crippen LogP contribution in [-0.2, 0) is 0 Å². The van der Waals surface area contributed by atoms with Gasteiger partial charge in [-0.3, -0.25) is 4.79 Å². The summed E-state index contributed by atoms with van der Waals surface area (Å²) in [6.07, 6.45) is 1.05. The molecule has 0 bridgehead atoms. The molecular formula is C13H12FN3O. The standard InChI is InChI=1S/C13H12FN3O/c1-8-6-10(15)3-4-11(8)13(18)17-12-5-2-9(14)7-16-12/h2-7H,15H2,1H3,(H,16,17,18). The number of halogens is 1. The van der Waals surface area contributed by atoms with Crippen molar-refractivity contribution in [2.75, 3.05) is 11.1 Å². The summed E-state index contributed by atoms with van der Waals surface area (Å²) in [6.45, 7) is 1.80. The van der Waals surface area contributed by atoms with Crippen LogP contribution >= 0.6 is 0 Å². The fourth-order valence-electron chi connectivity index (χ4n) is 1.58. The van der Waals surface area contributed by atoms with Gasteiger partial charge in [-0.1, -0.05) is 0 Å². The first-order valence-corrected chi connectivity index (χ1v) is 5.35. The highest BCUT2D eigenvalue weighted by Gasteiger charge is 2.09. The van der Waals surface area contributed by atoms with E-state index in [9.17, 15) is 9.18 Å². The second-order valence-corrected chi connectivity index (χ2v) is 3.89. The van der Waals surface area contributed by atoms with Crippen molar-refractivity contribution in [3.63, 3.8) is 0 Å². The molecule has 92 valence electrons. The number of hydrogen-bond acceptors (Lipinski definition) is 3. The molecule has 0 aliphatic heterocycles. The summed E-state index contributed by atoms with van der Waals surface area (Å²) in [4.78, 5) is 15.7. The zero-order valence-corrected chi connectivity index (χ0v) is 9.77. The predicted octanol–water partition coefficient (Wildman–Crippen LogP) is 2.36. The van der Waals surface area contributed by atoms with Crippen molar-refractivity contribution in [1.29, 1.82) is 0 Å². The van der Waals surface area contributed by atoms with Gasteiger partial charge in [0.25, 0.3) is 5.91 Å². The molecule has 1 heterocycles. The number of benzene rings is 1. The van der Waals surface area contributed by atoms with E-state index in [0.717, 1.165) is 11.8 Å². The van der Waals surface area contributed by atoms with Gasteiger partial charge in [0.15, 0.2) is 0 Å². The van der Waals surface area contributed by atoms with Crippen LogP contribution in [0.15, 0.2) is 36.5 Å². The molecule has 1 aromatic heterocycles. The molecule has 4 nitrogen and oxygen atoms in total. The van der Waals surface area contributed by atoms with Gasteiger partial charge in [-0.25, -0.2) is 9.37 Å². The molecule has 3 N–H and O–H groups in total. The first kappa shape index (κ1) is 12.0. The van der Waals surface area contributed by atoms with E-state index in [1.807, 2.05) is 0 Å². The molecule has 5 heteroatoms. The van der Waals surface area contributed by atoms with Crippen molar-refractivity contribution < 1.29 is 9.18 Å². The molecule has 1 aromatic carbocycles. The fourth-order valence-corrected chi connectivity index (χ4v) is 1.58. The van der Waals surface area contributed by atoms with E-state index in [4.69, 9.17) is 5.73 Å². The summed E-state index contributed by atoms with van der Waals surface area (Å²) in [6, 6.07) is 7.65. The topological polar surface area (TPSA) is 68.0 Å². The van der Waals surface area contributed by atoms with Gasteiger partial charge in [-0.05, 0) is 42.8 Å². The number of aryl methyl sites for hydroxylation is 1. The minimum atomic E-state index is -0.448. The van der Waals surface area contributed by atoms with Gasteiger partial charge < -0.3 is 11.1 Å². The molecule has 0 aliphatic rings. The summed E-state index contributed by atoms with van der Waals surface area (Å²) in [5.41, 5.74) is 7.49. The number of pyridine rings is 1. The Morgan fingerprint density at radius 1 is 1.33 bits per heavy atom. The Morgan fingerprint density at radius 2 is 2.11 bits per heavy atom. The Kier molecular flexibility index (Phi) is 3.23. The second kappa shape index (κ2) is 4.83. The Morgan fingerprint density at radius 3 is 2.72 bits per heavy atom. The average Bonchev–Trinajstić information content (AvgIpc) is 2.32. The zero-order chi connectivity index (χ0) is 13.1. The predicted molar refractivity (Wildman–Crippen MR) is 67.7 cm³/mol. The highest BCUT2D eigenvalue weighted by atomic mass is 19.1. The summed E-state index contributed by atoms with van der Waals surface area (Å²) < 4.78 is 12.7. The highest BCUT2D eigenvalue weighted by molar-refractivity contribution is 6.04. The van der Waals surface area contributed by atoms with E-state index in [2.05, 4.69) is 10.3 Å². The first-order valence-electron chi connectivity index (χ1n) is 5.35. The molecule has 0 aliphatic carbocycles. The van der Waals surface area contributed by atoms with E-state index in [-0.39, 0.29) is 5.91 Å². The number of nitrogens with zero attached hydrogens (tertiary/aromatic N) is 1. The molecule has 2 aromatic rings. The van der Waals surface area contributed by atoms with Crippen molar-refractivity contribution >= 4 is 17.4 Å². The maximum atomic E-state index is 12.7. The number of nitrogens with two attached hydrogens (primary N) is 1. The Hall–Kier alpha value is -2.43. The number of rotatable bonds is 2. The Balaban J connectivity index is 2.19. The van der Waals surface area contributed by atoms with Crippen LogP contribution in [0.2, 0.25) is 0 Å². The third kappa shape index (κ3) is 2.63. The molecule has 0 saturated heterocycles. The van der Waals surface area contributed by atoms with Crippen LogP contribution in [0, 0.1) is 12.7 Å². The summed E-state index contributed by atoms with van der Waals surface area (Å²) in [7, 11) is 0. The second-order valence-electron chi connectivity index (χ2n) is 3.89. The molecule has 0 spiro atoms. The van der Waals surface area contributed by atoms with Crippen LogP contribution in [0.4, 0.5) is 15.9 Å². The highest BCUT2D eigenvalue weighted by Crippen LogP contribution is 2.14. The van der Waals surface area contributed by atoms with Gasteiger partial charge in [0, 0.05) is 11.3 Å². The van der Waals surface area contributed by atoms with E-state index >= 15 is 0 Å². The summed E-state index contributed by atoms with van der Waals surface area (Å²) in [5, 5.41) is 2.59. The number of amides is 1. The Labute approximate surface area is 104 Å². The molecular weight excluding hydrogens is 233 g/mol. The minimum Gasteiger partial charge on any atom is -0.399 e. The van der Waals surface area contributed by atoms with Crippen LogP contribution in [-0.4, -0.2) is 10.9 Å². The smallest absolute Gasteiger partial charge is 0.257 e. The number of carbonyl (C=O) groups is 1. The van der Waals surface area contributed by atoms with Crippen LogP contribution in [0.25, 0.3) is 0 Å². The van der Waals surface area contributed by atoms with E-state index in [1.54, 1.807) is 25.1 Å². The number of aromatic nitrogens is 1. The third-order valence-corrected chi connectivity index (χ3v) is 2.46. The van der Waals surface area contributed by atoms with Gasteiger partial charge in [0.05, 0.1) is 6.20 Å². The molecule has 0 unspecified atom stereocenters. The quantitative estimate of drug-likeness (QED) is 0.798. The number of nitrogens with one attached hydrogen (secondary N) is 1. The monoisotopic (exact) mass is 245 g/mol. The molecule has 1 amide bonds. The maximum Gasteiger partial charge on any atom is 0.257 e.